The van der Waals surface area contributed by atoms with Crippen LogP contribution < -0.4 is 5.32 Å². The molecule has 0 fully saturated rings. The Hall–Kier alpha value is -2.25. The number of aryl methyl sites for hydroxylation is 2. The summed E-state index contributed by atoms with van der Waals surface area (Å²) in [4.78, 5) is 27.7. The van der Waals surface area contributed by atoms with Crippen molar-refractivity contribution in [3.8, 4) is 0 Å². The lowest BCUT2D eigenvalue weighted by molar-refractivity contribution is -0.113. The van der Waals surface area contributed by atoms with Crippen LogP contribution >= 0.6 is 23.1 Å². The second-order valence-corrected chi connectivity index (χ2v) is 9.57. The Morgan fingerprint density at radius 2 is 2.00 bits per heavy atom. The van der Waals surface area contributed by atoms with Crippen molar-refractivity contribution in [3.63, 3.8) is 0 Å². The minimum atomic E-state index is -0.325. The molecule has 1 aliphatic rings. The van der Waals surface area contributed by atoms with E-state index < -0.39 is 0 Å². The highest BCUT2D eigenvalue weighted by molar-refractivity contribution is 8.00. The fourth-order valence-corrected chi connectivity index (χ4v) is 6.19. The smallest absolute Gasteiger partial charge is 0.341 e. The summed E-state index contributed by atoms with van der Waals surface area (Å²) in [5.41, 5.74) is 2.79. The molecule has 30 heavy (non-hydrogen) atoms. The quantitative estimate of drug-likeness (QED) is 0.315. The fraction of sp³-hybridized carbons (Fsp3) is 0.391. The van der Waals surface area contributed by atoms with Gasteiger partial charge < -0.3 is 14.6 Å². The van der Waals surface area contributed by atoms with E-state index in [1.54, 1.807) is 0 Å². The van der Waals surface area contributed by atoms with Gasteiger partial charge in [-0.3, -0.25) is 4.79 Å². The zero-order valence-corrected chi connectivity index (χ0v) is 19.0. The monoisotopic (exact) mass is 442 g/mol. The maximum atomic E-state index is 12.8. The topological polar surface area (TPSA) is 60.3 Å². The van der Waals surface area contributed by atoms with Crippen LogP contribution in [-0.4, -0.2) is 28.8 Å². The third-order valence-corrected chi connectivity index (χ3v) is 7.62. The highest BCUT2D eigenvalue weighted by atomic mass is 32.2. The van der Waals surface area contributed by atoms with E-state index in [1.807, 2.05) is 26.1 Å². The molecule has 158 valence electrons. The Kier molecular flexibility index (Phi) is 6.49. The molecule has 0 saturated heterocycles. The van der Waals surface area contributed by atoms with Gasteiger partial charge in [-0.25, -0.2) is 4.79 Å². The number of aromatic nitrogens is 1. The van der Waals surface area contributed by atoms with Gasteiger partial charge >= 0.3 is 5.97 Å². The van der Waals surface area contributed by atoms with Crippen LogP contribution in [0.25, 0.3) is 10.9 Å². The van der Waals surface area contributed by atoms with Gasteiger partial charge in [0.25, 0.3) is 0 Å². The molecule has 0 unspecified atom stereocenters. The Bertz CT molecular complexity index is 1080. The number of nitrogens with zero attached hydrogens (tertiary/aromatic N) is 1. The minimum absolute atomic E-state index is 0.102. The summed E-state index contributed by atoms with van der Waals surface area (Å²) in [6, 6.07) is 8.17. The zero-order valence-electron chi connectivity index (χ0n) is 17.3. The first kappa shape index (κ1) is 21.0. The number of nitrogens with one attached hydrogen (secondary N) is 1. The molecule has 0 spiro atoms. The number of carbonyl (C=O) groups excluding carboxylic acids is 2. The van der Waals surface area contributed by atoms with Crippen LogP contribution in [0.2, 0.25) is 0 Å². The Morgan fingerprint density at radius 1 is 1.20 bits per heavy atom. The normalized spacial score (nSPS) is 13.7. The number of para-hydroxylation sites is 1. The average molecular weight is 443 g/mol. The number of ether oxygens (including phenoxy) is 1. The van der Waals surface area contributed by atoms with E-state index in [4.69, 9.17) is 4.74 Å². The molecule has 0 radical (unpaired) electrons. The molecule has 2 aromatic heterocycles. The van der Waals surface area contributed by atoms with Gasteiger partial charge in [0.2, 0.25) is 5.91 Å². The molecular weight excluding hydrogens is 416 g/mol. The number of amides is 1. The number of hydrogen-bond donors (Lipinski definition) is 1. The number of rotatable bonds is 6. The summed E-state index contributed by atoms with van der Waals surface area (Å²) >= 11 is 3.06. The van der Waals surface area contributed by atoms with Gasteiger partial charge in [0.15, 0.2) is 0 Å². The molecule has 0 saturated carbocycles. The van der Waals surface area contributed by atoms with Gasteiger partial charge in [-0.05, 0) is 44.2 Å². The molecule has 3 aromatic rings. The van der Waals surface area contributed by atoms with Gasteiger partial charge in [0.1, 0.15) is 5.00 Å². The van der Waals surface area contributed by atoms with Crippen LogP contribution in [0, 0.1) is 0 Å². The molecule has 0 atom stereocenters. The first-order valence-electron chi connectivity index (χ1n) is 10.4. The Morgan fingerprint density at radius 3 is 2.83 bits per heavy atom. The van der Waals surface area contributed by atoms with Crippen molar-refractivity contribution < 1.29 is 14.3 Å². The fourth-order valence-electron chi connectivity index (χ4n) is 3.98. The van der Waals surface area contributed by atoms with Crippen LogP contribution in [0.1, 0.15) is 47.0 Å². The number of benzene rings is 1. The maximum Gasteiger partial charge on any atom is 0.341 e. The lowest BCUT2D eigenvalue weighted by atomic mass is 10.1. The number of thiophene rings is 1. The summed E-state index contributed by atoms with van der Waals surface area (Å²) in [7, 11) is 2.01. The van der Waals surface area contributed by atoms with Gasteiger partial charge in [-0.1, -0.05) is 24.6 Å². The van der Waals surface area contributed by atoms with E-state index in [2.05, 4.69) is 28.2 Å². The van der Waals surface area contributed by atoms with E-state index in [9.17, 15) is 9.59 Å². The predicted octanol–water partition coefficient (Wildman–Crippen LogP) is 5.42. The van der Waals surface area contributed by atoms with Crippen molar-refractivity contribution in [2.75, 3.05) is 17.7 Å². The first-order chi connectivity index (χ1) is 14.6. The highest BCUT2D eigenvalue weighted by Crippen LogP contribution is 2.38. The maximum absolute atomic E-state index is 12.8. The van der Waals surface area contributed by atoms with Crippen LogP contribution in [0.4, 0.5) is 5.00 Å². The molecule has 4 rings (SSSR count). The zero-order chi connectivity index (χ0) is 21.1. The summed E-state index contributed by atoms with van der Waals surface area (Å²) < 4.78 is 7.38. The lowest BCUT2D eigenvalue weighted by Gasteiger charge is -2.08. The van der Waals surface area contributed by atoms with E-state index in [0.717, 1.165) is 47.0 Å². The summed E-state index contributed by atoms with van der Waals surface area (Å²) in [5, 5.41) is 4.79. The second-order valence-electron chi connectivity index (χ2n) is 7.45. The highest BCUT2D eigenvalue weighted by Gasteiger charge is 2.26. The summed E-state index contributed by atoms with van der Waals surface area (Å²) in [6.07, 6.45) is 7.27. The molecule has 7 heteroatoms. The summed E-state index contributed by atoms with van der Waals surface area (Å²) in [5.74, 6) is -0.137. The average Bonchev–Trinajstić information content (AvgIpc) is 3.14. The largest absolute Gasteiger partial charge is 0.462 e. The van der Waals surface area contributed by atoms with Gasteiger partial charge in [0.05, 0.1) is 17.9 Å². The van der Waals surface area contributed by atoms with Crippen molar-refractivity contribution in [3.05, 3.63) is 46.5 Å². The molecule has 1 aromatic carbocycles. The number of thioether (sulfide) groups is 1. The molecule has 0 aliphatic heterocycles. The number of hydrogen-bond acceptors (Lipinski definition) is 5. The molecule has 1 amide bonds. The number of anilines is 1. The van der Waals surface area contributed by atoms with Crippen LogP contribution in [0.15, 0.2) is 35.4 Å². The second kappa shape index (κ2) is 9.27. The molecule has 5 nitrogen and oxygen atoms in total. The first-order valence-corrected chi connectivity index (χ1v) is 12.2. The van der Waals surface area contributed by atoms with E-state index >= 15 is 0 Å². The van der Waals surface area contributed by atoms with Crippen molar-refractivity contribution in [1.82, 2.24) is 4.57 Å². The van der Waals surface area contributed by atoms with Crippen LogP contribution in [0.5, 0.6) is 0 Å². The Labute approximate surface area is 184 Å². The van der Waals surface area contributed by atoms with Crippen molar-refractivity contribution >= 4 is 50.9 Å². The van der Waals surface area contributed by atoms with Gasteiger partial charge in [-0.2, -0.15) is 0 Å². The molecule has 2 heterocycles. The minimum Gasteiger partial charge on any atom is -0.462 e. The Balaban J connectivity index is 1.52. The van der Waals surface area contributed by atoms with Crippen molar-refractivity contribution in [2.45, 2.75) is 43.9 Å². The molecular formula is C23H26N2O3S2. The van der Waals surface area contributed by atoms with Crippen LogP contribution in [-0.2, 0) is 29.4 Å². The van der Waals surface area contributed by atoms with Crippen LogP contribution in [0.3, 0.4) is 0 Å². The SMILES string of the molecule is CCOC(=O)c1c(NC(=O)CSc2cn(C)c3ccccc23)sc2c1CCCCC2. The standard InChI is InChI=1S/C23H26N2O3S2/c1-3-28-23(27)21-16-10-5-4-6-12-18(16)30-22(21)24-20(26)14-29-19-13-25(2)17-11-8-7-9-15(17)19/h7-9,11,13H,3-6,10,12,14H2,1-2H3,(H,24,26). The van der Waals surface area contributed by atoms with Gasteiger partial charge in [-0.15, -0.1) is 23.1 Å². The number of carbonyl (C=O) groups is 2. The third kappa shape index (κ3) is 4.27. The van der Waals surface area contributed by atoms with Crippen molar-refractivity contribution in [1.29, 1.82) is 0 Å². The molecule has 1 aliphatic carbocycles. The number of fused-ring (bicyclic) bond motifs is 2. The van der Waals surface area contributed by atoms with Crippen molar-refractivity contribution in [2.24, 2.45) is 7.05 Å². The van der Waals surface area contributed by atoms with E-state index in [-0.39, 0.29) is 11.9 Å². The molecule has 1 N–H and O–H groups in total. The summed E-state index contributed by atoms with van der Waals surface area (Å²) in [6.45, 7) is 2.13. The predicted molar refractivity (Wildman–Crippen MR) is 124 cm³/mol. The van der Waals surface area contributed by atoms with Gasteiger partial charge in [0, 0.05) is 33.9 Å². The van der Waals surface area contributed by atoms with E-state index in [1.165, 1.54) is 34.4 Å². The molecule has 0 bridgehead atoms. The lowest BCUT2D eigenvalue weighted by Crippen LogP contribution is -2.16. The van der Waals surface area contributed by atoms with E-state index in [0.29, 0.717) is 22.9 Å². The third-order valence-electron chi connectivity index (χ3n) is 5.37. The number of esters is 1.